The summed E-state index contributed by atoms with van der Waals surface area (Å²) in [6.45, 7) is 2.17. The molecule has 1 fully saturated rings. The number of hydrogen-bond acceptors (Lipinski definition) is 3. The van der Waals surface area contributed by atoms with Gasteiger partial charge >= 0.3 is 0 Å². The molecular weight excluding hydrogens is 264 g/mol. The van der Waals surface area contributed by atoms with Crippen LogP contribution in [0.25, 0.3) is 0 Å². The number of para-hydroxylation sites is 1. The summed E-state index contributed by atoms with van der Waals surface area (Å²) in [6, 6.07) is 9.10. The van der Waals surface area contributed by atoms with Gasteiger partial charge in [0.25, 0.3) is 0 Å². The molecule has 1 aliphatic carbocycles. The molecule has 1 aromatic carbocycles. The molecule has 1 aromatic rings. The first kappa shape index (κ1) is 15.4. The average molecular weight is 286 g/mol. The van der Waals surface area contributed by atoms with Gasteiger partial charge in [0, 0.05) is 5.56 Å². The van der Waals surface area contributed by atoms with E-state index in [0.29, 0.717) is 24.3 Å². The smallest absolute Gasteiger partial charge is 0.225 e. The monoisotopic (exact) mass is 286 g/mol. The lowest BCUT2D eigenvalue weighted by atomic mass is 9.76. The van der Waals surface area contributed by atoms with Crippen molar-refractivity contribution in [2.45, 2.75) is 51.0 Å². The van der Waals surface area contributed by atoms with Gasteiger partial charge < -0.3 is 10.4 Å². The summed E-state index contributed by atoms with van der Waals surface area (Å²) in [4.78, 5) is 12.2. The molecule has 0 heterocycles. The number of phenols is 1. The van der Waals surface area contributed by atoms with Crippen LogP contribution in [-0.4, -0.2) is 16.6 Å². The third kappa shape index (κ3) is 3.75. The fraction of sp³-hybridized carbons (Fsp3) is 0.529. The quantitative estimate of drug-likeness (QED) is 0.893. The van der Waals surface area contributed by atoms with Gasteiger partial charge in [0.2, 0.25) is 5.91 Å². The van der Waals surface area contributed by atoms with Crippen LogP contribution in [0.3, 0.4) is 0 Å². The summed E-state index contributed by atoms with van der Waals surface area (Å²) >= 11 is 0. The number of nitrogens with zero attached hydrogens (tertiary/aromatic N) is 1. The number of hydrogen-bond donors (Lipinski definition) is 2. The zero-order chi connectivity index (χ0) is 15.3. The number of aromatic hydroxyl groups is 1. The molecule has 2 N–H and O–H groups in total. The first-order valence-corrected chi connectivity index (χ1v) is 7.57. The number of rotatable bonds is 4. The Balaban J connectivity index is 1.98. The largest absolute Gasteiger partial charge is 0.508 e. The Morgan fingerprint density at radius 3 is 2.67 bits per heavy atom. The van der Waals surface area contributed by atoms with Gasteiger partial charge in [-0.05, 0) is 37.7 Å². The topological polar surface area (TPSA) is 73.1 Å². The van der Waals surface area contributed by atoms with Crippen molar-refractivity contribution in [3.8, 4) is 11.8 Å². The second-order valence-electron chi connectivity index (χ2n) is 5.90. The lowest BCUT2D eigenvalue weighted by molar-refractivity contribution is -0.122. The number of amides is 1. The van der Waals surface area contributed by atoms with Gasteiger partial charge in [0.05, 0.1) is 12.5 Å². The van der Waals surface area contributed by atoms with Gasteiger partial charge in [0.15, 0.2) is 0 Å². The zero-order valence-electron chi connectivity index (χ0n) is 12.4. The number of benzene rings is 1. The van der Waals surface area contributed by atoms with E-state index in [0.717, 1.165) is 19.3 Å². The highest BCUT2D eigenvalue weighted by Gasteiger charge is 2.36. The maximum absolute atomic E-state index is 12.2. The highest BCUT2D eigenvalue weighted by Crippen LogP contribution is 2.33. The van der Waals surface area contributed by atoms with Crippen LogP contribution in [0.5, 0.6) is 5.75 Å². The van der Waals surface area contributed by atoms with Gasteiger partial charge in [-0.15, -0.1) is 0 Å². The first-order chi connectivity index (χ1) is 10.1. The van der Waals surface area contributed by atoms with Crippen molar-refractivity contribution in [2.24, 2.45) is 5.92 Å². The second kappa shape index (κ2) is 6.62. The summed E-state index contributed by atoms with van der Waals surface area (Å²) in [7, 11) is 0. The maximum atomic E-state index is 12.2. The highest BCUT2D eigenvalue weighted by atomic mass is 16.3. The van der Waals surface area contributed by atoms with Gasteiger partial charge in [-0.3, -0.25) is 4.79 Å². The van der Waals surface area contributed by atoms with Gasteiger partial charge in [-0.1, -0.05) is 31.5 Å². The summed E-state index contributed by atoms with van der Waals surface area (Å²) in [6.07, 6.45) is 4.64. The molecule has 0 saturated heterocycles. The van der Waals surface area contributed by atoms with Crippen molar-refractivity contribution in [3.63, 3.8) is 0 Å². The van der Waals surface area contributed by atoms with E-state index in [1.807, 2.05) is 0 Å². The lowest BCUT2D eigenvalue weighted by Gasteiger charge is -2.35. The minimum absolute atomic E-state index is 0.104. The van der Waals surface area contributed by atoms with Crippen LogP contribution in [0, 0.1) is 17.2 Å². The highest BCUT2D eigenvalue weighted by molar-refractivity contribution is 5.80. The molecule has 0 bridgehead atoms. The standard InChI is InChI=1S/C17H22N2O2/c1-2-13-7-9-17(12-18,10-8-13)19-16(21)11-14-5-3-4-6-15(14)20/h3-6,13,20H,2,7-11H2,1H3,(H,19,21). The van der Waals surface area contributed by atoms with Gasteiger partial charge in [0.1, 0.15) is 11.3 Å². The predicted molar refractivity (Wildman–Crippen MR) is 80.5 cm³/mol. The third-order valence-electron chi connectivity index (χ3n) is 4.47. The number of nitriles is 1. The minimum Gasteiger partial charge on any atom is -0.508 e. The van der Waals surface area contributed by atoms with Crippen molar-refractivity contribution >= 4 is 5.91 Å². The molecule has 0 aromatic heterocycles. The Labute approximate surface area is 125 Å². The Morgan fingerprint density at radius 1 is 1.43 bits per heavy atom. The van der Waals surface area contributed by atoms with Crippen LogP contribution in [0.4, 0.5) is 0 Å². The van der Waals surface area contributed by atoms with E-state index in [1.54, 1.807) is 24.3 Å². The van der Waals surface area contributed by atoms with Gasteiger partial charge in [-0.2, -0.15) is 5.26 Å². The minimum atomic E-state index is -0.729. The molecule has 0 atom stereocenters. The molecule has 1 amide bonds. The molecule has 0 aliphatic heterocycles. The van der Waals surface area contributed by atoms with E-state index in [4.69, 9.17) is 0 Å². The molecule has 0 unspecified atom stereocenters. The van der Waals surface area contributed by atoms with Gasteiger partial charge in [-0.25, -0.2) is 0 Å². The summed E-state index contributed by atoms with van der Waals surface area (Å²) < 4.78 is 0. The third-order valence-corrected chi connectivity index (χ3v) is 4.47. The fourth-order valence-electron chi connectivity index (χ4n) is 2.99. The molecule has 21 heavy (non-hydrogen) atoms. The summed E-state index contributed by atoms with van der Waals surface area (Å²) in [5, 5.41) is 22.1. The van der Waals surface area contributed by atoms with E-state index in [1.165, 1.54) is 0 Å². The molecule has 4 heteroatoms. The van der Waals surface area contributed by atoms with Crippen molar-refractivity contribution in [1.29, 1.82) is 5.26 Å². The number of carbonyl (C=O) groups is 1. The Hall–Kier alpha value is -2.02. The zero-order valence-corrected chi connectivity index (χ0v) is 12.4. The van der Waals surface area contributed by atoms with Crippen LogP contribution in [0.2, 0.25) is 0 Å². The van der Waals surface area contributed by atoms with Crippen molar-refractivity contribution in [2.75, 3.05) is 0 Å². The Morgan fingerprint density at radius 2 is 2.10 bits per heavy atom. The maximum Gasteiger partial charge on any atom is 0.225 e. The lowest BCUT2D eigenvalue weighted by Crippen LogP contribution is -2.50. The van der Waals surface area contributed by atoms with Crippen LogP contribution in [-0.2, 0) is 11.2 Å². The van der Waals surface area contributed by atoms with Crippen molar-refractivity contribution < 1.29 is 9.90 Å². The van der Waals surface area contributed by atoms with E-state index in [2.05, 4.69) is 18.3 Å². The number of nitrogens with one attached hydrogen (secondary N) is 1. The van der Waals surface area contributed by atoms with E-state index < -0.39 is 5.54 Å². The van der Waals surface area contributed by atoms with E-state index in [9.17, 15) is 15.2 Å². The second-order valence-corrected chi connectivity index (χ2v) is 5.90. The molecule has 0 radical (unpaired) electrons. The van der Waals surface area contributed by atoms with Crippen molar-refractivity contribution in [3.05, 3.63) is 29.8 Å². The van der Waals surface area contributed by atoms with Crippen LogP contribution < -0.4 is 5.32 Å². The molecular formula is C17H22N2O2. The SMILES string of the molecule is CCC1CCC(C#N)(NC(=O)Cc2ccccc2O)CC1. The summed E-state index contributed by atoms with van der Waals surface area (Å²) in [5.74, 6) is 0.586. The molecule has 1 saturated carbocycles. The van der Waals surface area contributed by atoms with Crippen molar-refractivity contribution in [1.82, 2.24) is 5.32 Å². The summed E-state index contributed by atoms with van der Waals surface area (Å²) in [5.41, 5.74) is -0.141. The predicted octanol–water partition coefficient (Wildman–Crippen LogP) is 2.91. The Bertz CT molecular complexity index is 540. The van der Waals surface area contributed by atoms with E-state index in [-0.39, 0.29) is 18.1 Å². The molecule has 0 spiro atoms. The molecule has 1 aliphatic rings. The van der Waals surface area contributed by atoms with Crippen LogP contribution in [0.15, 0.2) is 24.3 Å². The number of phenolic OH excluding ortho intramolecular Hbond substituents is 1. The fourth-order valence-corrected chi connectivity index (χ4v) is 2.99. The van der Waals surface area contributed by atoms with Crippen LogP contribution >= 0.6 is 0 Å². The Kier molecular flexibility index (Phi) is 4.85. The molecule has 4 nitrogen and oxygen atoms in total. The molecule has 112 valence electrons. The van der Waals surface area contributed by atoms with Crippen LogP contribution in [0.1, 0.15) is 44.6 Å². The first-order valence-electron chi connectivity index (χ1n) is 7.57. The normalized spacial score (nSPS) is 25.0. The number of carbonyl (C=O) groups excluding carboxylic acids is 1. The molecule has 2 rings (SSSR count). The average Bonchev–Trinajstić information content (AvgIpc) is 2.50. The van der Waals surface area contributed by atoms with E-state index >= 15 is 0 Å².